The molecule has 0 radical (unpaired) electrons. The molecule has 26 heavy (non-hydrogen) atoms. The van der Waals surface area contributed by atoms with Gasteiger partial charge in [-0.1, -0.05) is 35.5 Å². The molecule has 1 atom stereocenters. The molecule has 0 aliphatic rings. The van der Waals surface area contributed by atoms with Gasteiger partial charge in [-0.2, -0.15) is 4.68 Å². The van der Waals surface area contributed by atoms with Crippen LogP contribution in [0.3, 0.4) is 0 Å². The molecular formula is C17H16ClN5O2S. The van der Waals surface area contributed by atoms with Gasteiger partial charge in [0, 0.05) is 16.8 Å². The highest BCUT2D eigenvalue weighted by Crippen LogP contribution is 2.25. The predicted octanol–water partition coefficient (Wildman–Crippen LogP) is 3.44. The number of anilines is 1. The molecule has 0 unspecified atom stereocenters. The first-order valence-corrected chi connectivity index (χ1v) is 8.98. The monoisotopic (exact) mass is 389 g/mol. The molecule has 0 saturated heterocycles. The zero-order valence-corrected chi connectivity index (χ0v) is 15.7. The zero-order chi connectivity index (χ0) is 18.5. The normalized spacial score (nSPS) is 11.8. The molecule has 1 N–H and O–H groups in total. The van der Waals surface area contributed by atoms with Gasteiger partial charge in [0.05, 0.1) is 18.0 Å². The minimum Gasteiger partial charge on any atom is -0.497 e. The van der Waals surface area contributed by atoms with Crippen LogP contribution >= 0.6 is 23.4 Å². The maximum atomic E-state index is 12.5. The summed E-state index contributed by atoms with van der Waals surface area (Å²) >= 11 is 7.28. The summed E-state index contributed by atoms with van der Waals surface area (Å²) in [5, 5.41) is 15.2. The number of amides is 1. The zero-order valence-electron chi connectivity index (χ0n) is 14.1. The van der Waals surface area contributed by atoms with Crippen molar-refractivity contribution in [2.24, 2.45) is 0 Å². The molecule has 0 saturated carbocycles. The summed E-state index contributed by atoms with van der Waals surface area (Å²) in [6.07, 6.45) is 0. The lowest BCUT2D eigenvalue weighted by Crippen LogP contribution is -2.22. The first-order chi connectivity index (χ1) is 12.6. The number of thioether (sulfide) groups is 1. The van der Waals surface area contributed by atoms with E-state index in [1.54, 1.807) is 43.0 Å². The van der Waals surface area contributed by atoms with Gasteiger partial charge in [0.15, 0.2) is 0 Å². The number of hydrogen-bond acceptors (Lipinski definition) is 6. The molecule has 134 valence electrons. The maximum Gasteiger partial charge on any atom is 0.237 e. The van der Waals surface area contributed by atoms with E-state index in [4.69, 9.17) is 16.3 Å². The Balaban J connectivity index is 1.71. The van der Waals surface area contributed by atoms with Gasteiger partial charge in [-0.05, 0) is 47.7 Å². The van der Waals surface area contributed by atoms with Crippen molar-refractivity contribution in [3.05, 3.63) is 53.6 Å². The highest BCUT2D eigenvalue weighted by molar-refractivity contribution is 8.00. The van der Waals surface area contributed by atoms with Crippen LogP contribution in [0, 0.1) is 0 Å². The molecule has 1 heterocycles. The third-order valence-electron chi connectivity index (χ3n) is 3.48. The molecule has 0 spiro atoms. The van der Waals surface area contributed by atoms with Crippen molar-refractivity contribution < 1.29 is 9.53 Å². The lowest BCUT2D eigenvalue weighted by atomic mass is 10.3. The summed E-state index contributed by atoms with van der Waals surface area (Å²) in [6.45, 7) is 1.79. The molecule has 7 nitrogen and oxygen atoms in total. The molecule has 3 aromatic rings. The SMILES string of the molecule is COc1cccc(NC(=O)[C@H](C)Sc2nnnn2-c2cccc(Cl)c2)c1. The van der Waals surface area contributed by atoms with Crippen molar-refractivity contribution in [2.75, 3.05) is 12.4 Å². The van der Waals surface area contributed by atoms with Gasteiger partial charge in [0.25, 0.3) is 0 Å². The fraction of sp³-hybridized carbons (Fsp3) is 0.176. The van der Waals surface area contributed by atoms with Crippen LogP contribution in [0.15, 0.2) is 53.7 Å². The number of carbonyl (C=O) groups is 1. The Labute approximate surface area is 159 Å². The molecule has 2 aromatic carbocycles. The van der Waals surface area contributed by atoms with Crippen LogP contribution in [0.1, 0.15) is 6.92 Å². The summed E-state index contributed by atoms with van der Waals surface area (Å²) < 4.78 is 6.71. The molecule has 0 fully saturated rings. The number of hydrogen-bond donors (Lipinski definition) is 1. The number of rotatable bonds is 6. The van der Waals surface area contributed by atoms with Crippen molar-refractivity contribution in [1.82, 2.24) is 20.2 Å². The molecule has 9 heteroatoms. The third-order valence-corrected chi connectivity index (χ3v) is 4.75. The van der Waals surface area contributed by atoms with E-state index in [-0.39, 0.29) is 5.91 Å². The number of nitrogens with zero attached hydrogens (tertiary/aromatic N) is 4. The van der Waals surface area contributed by atoms with E-state index in [9.17, 15) is 4.79 Å². The van der Waals surface area contributed by atoms with Gasteiger partial charge < -0.3 is 10.1 Å². The Bertz CT molecular complexity index is 917. The van der Waals surface area contributed by atoms with Gasteiger partial charge in [-0.25, -0.2) is 0 Å². The maximum absolute atomic E-state index is 12.5. The standard InChI is InChI=1S/C17H16ClN5O2S/c1-11(16(24)19-13-6-4-8-15(10-13)25-2)26-17-20-21-22-23(17)14-7-3-5-12(18)9-14/h3-11H,1-2H3,(H,19,24)/t11-/m0/s1. The first kappa shape index (κ1) is 18.2. The lowest BCUT2D eigenvalue weighted by molar-refractivity contribution is -0.115. The fourth-order valence-electron chi connectivity index (χ4n) is 2.18. The summed E-state index contributed by atoms with van der Waals surface area (Å²) in [6, 6.07) is 14.4. The molecule has 3 rings (SSSR count). The van der Waals surface area contributed by atoms with Crippen LogP contribution in [-0.4, -0.2) is 38.5 Å². The Morgan fingerprint density at radius 2 is 2.08 bits per heavy atom. The van der Waals surface area contributed by atoms with Gasteiger partial charge in [0.1, 0.15) is 5.75 Å². The van der Waals surface area contributed by atoms with Crippen LogP contribution in [0.5, 0.6) is 5.75 Å². The summed E-state index contributed by atoms with van der Waals surface area (Å²) in [7, 11) is 1.58. The number of benzene rings is 2. The second-order valence-electron chi connectivity index (χ2n) is 5.33. The average Bonchev–Trinajstić information content (AvgIpc) is 3.10. The van der Waals surface area contributed by atoms with E-state index in [0.717, 1.165) is 5.69 Å². The molecular weight excluding hydrogens is 374 g/mol. The van der Waals surface area contributed by atoms with Crippen molar-refractivity contribution >= 4 is 35.0 Å². The molecule has 1 amide bonds. The first-order valence-electron chi connectivity index (χ1n) is 7.72. The number of tetrazole rings is 1. The van der Waals surface area contributed by atoms with Crippen LogP contribution in [0.4, 0.5) is 5.69 Å². The van der Waals surface area contributed by atoms with Crippen molar-refractivity contribution in [1.29, 1.82) is 0 Å². The minimum absolute atomic E-state index is 0.163. The van der Waals surface area contributed by atoms with Crippen LogP contribution in [0.25, 0.3) is 5.69 Å². The number of aromatic nitrogens is 4. The van der Waals surface area contributed by atoms with E-state index in [1.807, 2.05) is 24.3 Å². The lowest BCUT2D eigenvalue weighted by Gasteiger charge is -2.12. The average molecular weight is 390 g/mol. The van der Waals surface area contributed by atoms with Gasteiger partial charge in [-0.15, -0.1) is 5.10 Å². The summed E-state index contributed by atoms with van der Waals surface area (Å²) in [4.78, 5) is 12.5. The van der Waals surface area contributed by atoms with Gasteiger partial charge in [-0.3, -0.25) is 4.79 Å². The Hall–Kier alpha value is -2.58. The largest absolute Gasteiger partial charge is 0.497 e. The van der Waals surface area contributed by atoms with Crippen LogP contribution < -0.4 is 10.1 Å². The second kappa shape index (κ2) is 8.20. The van der Waals surface area contributed by atoms with E-state index in [0.29, 0.717) is 21.6 Å². The van der Waals surface area contributed by atoms with Crippen molar-refractivity contribution in [3.8, 4) is 11.4 Å². The molecule has 1 aromatic heterocycles. The quantitative estimate of drug-likeness (QED) is 0.650. The van der Waals surface area contributed by atoms with E-state index in [2.05, 4.69) is 20.8 Å². The molecule has 0 bridgehead atoms. The number of ether oxygens (including phenoxy) is 1. The number of nitrogens with one attached hydrogen (secondary N) is 1. The number of carbonyl (C=O) groups excluding carboxylic acids is 1. The van der Waals surface area contributed by atoms with E-state index < -0.39 is 5.25 Å². The van der Waals surface area contributed by atoms with Crippen molar-refractivity contribution in [2.45, 2.75) is 17.3 Å². The molecule has 0 aliphatic carbocycles. The van der Waals surface area contributed by atoms with Crippen LogP contribution in [-0.2, 0) is 4.79 Å². The highest BCUT2D eigenvalue weighted by atomic mass is 35.5. The predicted molar refractivity (Wildman–Crippen MR) is 101 cm³/mol. The van der Waals surface area contributed by atoms with Crippen LogP contribution in [0.2, 0.25) is 5.02 Å². The summed E-state index contributed by atoms with van der Waals surface area (Å²) in [5.74, 6) is 0.511. The van der Waals surface area contributed by atoms with E-state index in [1.165, 1.54) is 11.8 Å². The number of halogens is 1. The van der Waals surface area contributed by atoms with Gasteiger partial charge >= 0.3 is 0 Å². The summed E-state index contributed by atoms with van der Waals surface area (Å²) in [5.41, 5.74) is 1.39. The van der Waals surface area contributed by atoms with Crippen molar-refractivity contribution in [3.63, 3.8) is 0 Å². The van der Waals surface area contributed by atoms with Gasteiger partial charge in [0.2, 0.25) is 11.1 Å². The molecule has 0 aliphatic heterocycles. The smallest absolute Gasteiger partial charge is 0.237 e. The number of methoxy groups -OCH3 is 1. The topological polar surface area (TPSA) is 81.9 Å². The Kier molecular flexibility index (Phi) is 5.75. The Morgan fingerprint density at radius 3 is 2.85 bits per heavy atom. The minimum atomic E-state index is -0.412. The fourth-order valence-corrected chi connectivity index (χ4v) is 3.17. The van der Waals surface area contributed by atoms with E-state index >= 15 is 0 Å². The second-order valence-corrected chi connectivity index (χ2v) is 7.08. The highest BCUT2D eigenvalue weighted by Gasteiger charge is 2.19. The third kappa shape index (κ3) is 4.33. The Morgan fingerprint density at radius 1 is 1.27 bits per heavy atom.